The number of nitrogens with one attached hydrogen (secondary N) is 1. The molecular weight excluding hydrogens is 176 g/mol. The van der Waals surface area contributed by atoms with Gasteiger partial charge in [-0.15, -0.1) is 6.58 Å². The standard InChI is InChI=1S/C11H22N2O/c1-3-10(13-12)11(14-2)8-6-4-5-7-9-11/h3,10,13H,1,4-9,12H2,2H3. The summed E-state index contributed by atoms with van der Waals surface area (Å²) in [6, 6.07) is 0.0607. The van der Waals surface area contributed by atoms with Crippen LogP contribution in [0.25, 0.3) is 0 Å². The Hall–Kier alpha value is -0.380. The van der Waals surface area contributed by atoms with Crippen molar-refractivity contribution in [1.82, 2.24) is 5.43 Å². The van der Waals surface area contributed by atoms with Crippen LogP contribution in [0, 0.1) is 0 Å². The highest BCUT2D eigenvalue weighted by Gasteiger charge is 2.36. The van der Waals surface area contributed by atoms with Gasteiger partial charge in [-0.1, -0.05) is 31.8 Å². The second kappa shape index (κ2) is 5.49. The molecule has 3 N–H and O–H groups in total. The molecule has 0 aromatic carbocycles. The molecule has 0 spiro atoms. The quantitative estimate of drug-likeness (QED) is 0.313. The minimum absolute atomic E-state index is 0.0607. The van der Waals surface area contributed by atoms with Crippen LogP contribution in [0.3, 0.4) is 0 Å². The Morgan fingerprint density at radius 2 is 1.93 bits per heavy atom. The van der Waals surface area contributed by atoms with Gasteiger partial charge in [-0.25, -0.2) is 0 Å². The van der Waals surface area contributed by atoms with Gasteiger partial charge in [-0.05, 0) is 12.8 Å². The van der Waals surface area contributed by atoms with Gasteiger partial charge in [0.25, 0.3) is 0 Å². The Balaban J connectivity index is 2.74. The maximum atomic E-state index is 5.69. The van der Waals surface area contributed by atoms with Crippen molar-refractivity contribution in [3.8, 4) is 0 Å². The molecule has 14 heavy (non-hydrogen) atoms. The molecule has 0 heterocycles. The molecule has 0 saturated heterocycles. The van der Waals surface area contributed by atoms with E-state index in [9.17, 15) is 0 Å². The van der Waals surface area contributed by atoms with Gasteiger partial charge >= 0.3 is 0 Å². The van der Waals surface area contributed by atoms with E-state index >= 15 is 0 Å². The zero-order valence-corrected chi connectivity index (χ0v) is 9.09. The monoisotopic (exact) mass is 198 g/mol. The first-order chi connectivity index (χ1) is 6.79. The lowest BCUT2D eigenvalue weighted by molar-refractivity contribution is -0.0407. The molecule has 0 bridgehead atoms. The van der Waals surface area contributed by atoms with Crippen molar-refractivity contribution in [2.45, 2.75) is 50.2 Å². The number of ether oxygens (including phenoxy) is 1. The van der Waals surface area contributed by atoms with Gasteiger partial charge in [0.2, 0.25) is 0 Å². The summed E-state index contributed by atoms with van der Waals surface area (Å²) < 4.78 is 5.69. The van der Waals surface area contributed by atoms with Crippen LogP contribution in [-0.4, -0.2) is 18.8 Å². The summed E-state index contributed by atoms with van der Waals surface area (Å²) in [5.41, 5.74) is 2.67. The predicted molar refractivity (Wildman–Crippen MR) is 58.8 cm³/mol. The third kappa shape index (κ3) is 2.35. The summed E-state index contributed by atoms with van der Waals surface area (Å²) in [6.45, 7) is 3.81. The van der Waals surface area contributed by atoms with Crippen LogP contribution in [0.15, 0.2) is 12.7 Å². The molecule has 0 radical (unpaired) electrons. The number of nitrogens with two attached hydrogens (primary N) is 1. The van der Waals surface area contributed by atoms with Gasteiger partial charge in [0, 0.05) is 7.11 Å². The van der Waals surface area contributed by atoms with Crippen LogP contribution in [0.2, 0.25) is 0 Å². The van der Waals surface area contributed by atoms with E-state index in [1.165, 1.54) is 25.7 Å². The predicted octanol–water partition coefficient (Wildman–Crippen LogP) is 1.74. The molecule has 3 heteroatoms. The van der Waals surface area contributed by atoms with Gasteiger partial charge in [0.15, 0.2) is 0 Å². The summed E-state index contributed by atoms with van der Waals surface area (Å²) in [7, 11) is 1.78. The first kappa shape index (κ1) is 11.7. The highest BCUT2D eigenvalue weighted by atomic mass is 16.5. The number of hydrogen-bond acceptors (Lipinski definition) is 3. The van der Waals surface area contributed by atoms with Crippen LogP contribution in [0.1, 0.15) is 38.5 Å². The molecule has 0 aliphatic heterocycles. The number of hydrazine groups is 1. The summed E-state index contributed by atoms with van der Waals surface area (Å²) in [4.78, 5) is 0. The van der Waals surface area contributed by atoms with Crippen LogP contribution in [0.5, 0.6) is 0 Å². The van der Waals surface area contributed by atoms with Crippen LogP contribution >= 0.6 is 0 Å². The van der Waals surface area contributed by atoms with Crippen molar-refractivity contribution in [3.05, 3.63) is 12.7 Å². The molecular formula is C11H22N2O. The van der Waals surface area contributed by atoms with E-state index in [2.05, 4.69) is 12.0 Å². The highest BCUT2D eigenvalue weighted by Crippen LogP contribution is 2.33. The van der Waals surface area contributed by atoms with Gasteiger partial charge in [0.1, 0.15) is 0 Å². The Kier molecular flexibility index (Phi) is 4.58. The van der Waals surface area contributed by atoms with Gasteiger partial charge in [-0.3, -0.25) is 11.3 Å². The smallest absolute Gasteiger partial charge is 0.0879 e. The lowest BCUT2D eigenvalue weighted by Crippen LogP contribution is -2.53. The van der Waals surface area contributed by atoms with Crippen LogP contribution in [0.4, 0.5) is 0 Å². The average molecular weight is 198 g/mol. The van der Waals surface area contributed by atoms with Crippen molar-refractivity contribution in [2.24, 2.45) is 5.84 Å². The van der Waals surface area contributed by atoms with Crippen molar-refractivity contribution in [2.75, 3.05) is 7.11 Å². The van der Waals surface area contributed by atoms with E-state index in [1.807, 2.05) is 6.08 Å². The third-order valence-corrected chi connectivity index (χ3v) is 3.34. The molecule has 1 unspecified atom stereocenters. The van der Waals surface area contributed by atoms with Crippen molar-refractivity contribution in [1.29, 1.82) is 0 Å². The zero-order valence-electron chi connectivity index (χ0n) is 9.09. The van der Waals surface area contributed by atoms with E-state index in [4.69, 9.17) is 10.6 Å². The zero-order chi connectivity index (χ0) is 10.4. The van der Waals surface area contributed by atoms with Crippen LogP contribution in [-0.2, 0) is 4.74 Å². The van der Waals surface area contributed by atoms with Gasteiger partial charge in [-0.2, -0.15) is 0 Å². The maximum absolute atomic E-state index is 5.69. The van der Waals surface area contributed by atoms with E-state index < -0.39 is 0 Å². The molecule has 3 nitrogen and oxygen atoms in total. The number of rotatable bonds is 4. The van der Waals surface area contributed by atoms with E-state index in [-0.39, 0.29) is 11.6 Å². The minimum atomic E-state index is -0.132. The maximum Gasteiger partial charge on any atom is 0.0879 e. The number of hydrogen-bond donors (Lipinski definition) is 2. The largest absolute Gasteiger partial charge is 0.376 e. The molecule has 1 aliphatic rings. The number of methoxy groups -OCH3 is 1. The molecule has 1 fully saturated rings. The Morgan fingerprint density at radius 3 is 2.29 bits per heavy atom. The topological polar surface area (TPSA) is 47.3 Å². The van der Waals surface area contributed by atoms with Crippen molar-refractivity contribution < 1.29 is 4.74 Å². The fourth-order valence-electron chi connectivity index (χ4n) is 2.40. The fraction of sp³-hybridized carbons (Fsp3) is 0.818. The second-order valence-electron chi connectivity index (χ2n) is 4.06. The van der Waals surface area contributed by atoms with Crippen LogP contribution < -0.4 is 11.3 Å². The summed E-state index contributed by atoms with van der Waals surface area (Å²) >= 11 is 0. The lowest BCUT2D eigenvalue weighted by atomic mass is 9.86. The Morgan fingerprint density at radius 1 is 1.36 bits per heavy atom. The molecule has 1 rings (SSSR count). The molecule has 1 aliphatic carbocycles. The minimum Gasteiger partial charge on any atom is -0.376 e. The first-order valence-corrected chi connectivity index (χ1v) is 5.43. The lowest BCUT2D eigenvalue weighted by Gasteiger charge is -2.37. The van der Waals surface area contributed by atoms with Gasteiger partial charge in [0.05, 0.1) is 11.6 Å². The summed E-state index contributed by atoms with van der Waals surface area (Å²) in [5.74, 6) is 5.52. The second-order valence-corrected chi connectivity index (χ2v) is 4.06. The molecule has 0 amide bonds. The molecule has 1 saturated carbocycles. The summed E-state index contributed by atoms with van der Waals surface area (Å²) in [6.07, 6.45) is 9.06. The SMILES string of the molecule is C=CC(NN)C1(OC)CCCCCC1. The Bertz CT molecular complexity index is 174. The van der Waals surface area contributed by atoms with E-state index in [0.717, 1.165) is 12.8 Å². The van der Waals surface area contributed by atoms with E-state index in [1.54, 1.807) is 7.11 Å². The van der Waals surface area contributed by atoms with E-state index in [0.29, 0.717) is 0 Å². The Labute approximate surface area is 86.7 Å². The van der Waals surface area contributed by atoms with Crippen molar-refractivity contribution >= 4 is 0 Å². The first-order valence-electron chi connectivity index (χ1n) is 5.43. The molecule has 0 aromatic rings. The molecule has 0 aromatic heterocycles. The molecule has 1 atom stereocenters. The average Bonchev–Trinajstić information content (AvgIpc) is 2.46. The molecule has 82 valence electrons. The van der Waals surface area contributed by atoms with Gasteiger partial charge < -0.3 is 4.74 Å². The normalized spacial score (nSPS) is 23.9. The van der Waals surface area contributed by atoms with Crippen molar-refractivity contribution in [3.63, 3.8) is 0 Å². The summed E-state index contributed by atoms with van der Waals surface area (Å²) in [5, 5.41) is 0. The third-order valence-electron chi connectivity index (χ3n) is 3.34. The fourth-order valence-corrected chi connectivity index (χ4v) is 2.40. The highest BCUT2D eigenvalue weighted by molar-refractivity contribution is 5.02.